The van der Waals surface area contributed by atoms with Crippen molar-refractivity contribution in [1.29, 1.82) is 0 Å². The average molecular weight is 295 g/mol. The highest BCUT2D eigenvalue weighted by Gasteiger charge is 2.24. The molecule has 0 saturated carbocycles. The number of hydrogen-bond donors (Lipinski definition) is 2. The van der Waals surface area contributed by atoms with Crippen molar-refractivity contribution in [3.05, 3.63) is 47.0 Å². The molecule has 2 rings (SSSR count). The standard InChI is InChI=1S/C12H11ClN4O3/c1-17-6-7(4-15-17)10(12(19)20)16-11(18)8-2-3-14-5-9(8)13/h2-6,10H,1H3,(H,16,18)(H,19,20). The van der Waals surface area contributed by atoms with E-state index in [1.165, 1.54) is 35.5 Å². The Hall–Kier alpha value is -2.41. The van der Waals surface area contributed by atoms with Crippen LogP contribution >= 0.6 is 11.6 Å². The molecule has 1 unspecified atom stereocenters. The summed E-state index contributed by atoms with van der Waals surface area (Å²) in [6.45, 7) is 0. The normalized spacial score (nSPS) is 11.9. The molecule has 8 heteroatoms. The van der Waals surface area contributed by atoms with Crippen LogP contribution in [0, 0.1) is 0 Å². The van der Waals surface area contributed by atoms with Crippen LogP contribution in [0.5, 0.6) is 0 Å². The molecule has 0 fully saturated rings. The monoisotopic (exact) mass is 294 g/mol. The first-order valence-electron chi connectivity index (χ1n) is 5.60. The number of halogens is 1. The van der Waals surface area contributed by atoms with Crippen LogP contribution in [0.4, 0.5) is 0 Å². The van der Waals surface area contributed by atoms with E-state index < -0.39 is 17.9 Å². The number of carboxylic acid groups (broad SMARTS) is 1. The highest BCUT2D eigenvalue weighted by atomic mass is 35.5. The fraction of sp³-hybridized carbons (Fsp3) is 0.167. The topological polar surface area (TPSA) is 97.1 Å². The van der Waals surface area contributed by atoms with Gasteiger partial charge in [0, 0.05) is 31.2 Å². The average Bonchev–Trinajstić information content (AvgIpc) is 2.82. The minimum atomic E-state index is -1.19. The number of nitrogens with zero attached hydrogens (tertiary/aromatic N) is 3. The van der Waals surface area contributed by atoms with Gasteiger partial charge in [-0.3, -0.25) is 14.5 Å². The second-order valence-corrected chi connectivity index (χ2v) is 4.45. The Morgan fingerprint density at radius 3 is 2.75 bits per heavy atom. The third-order valence-corrected chi connectivity index (χ3v) is 2.90. The second kappa shape index (κ2) is 5.70. The van der Waals surface area contributed by atoms with Gasteiger partial charge in [-0.1, -0.05) is 11.6 Å². The lowest BCUT2D eigenvalue weighted by atomic mass is 10.1. The number of rotatable bonds is 4. The highest BCUT2D eigenvalue weighted by molar-refractivity contribution is 6.33. The SMILES string of the molecule is Cn1cc(C(NC(=O)c2ccncc2Cl)C(=O)O)cn1. The molecule has 2 aromatic rings. The zero-order valence-electron chi connectivity index (χ0n) is 10.4. The molecule has 0 saturated heterocycles. The van der Waals surface area contributed by atoms with Crippen LogP contribution in [0.25, 0.3) is 0 Å². The maximum absolute atomic E-state index is 12.0. The lowest BCUT2D eigenvalue weighted by Gasteiger charge is -2.13. The number of aliphatic carboxylic acids is 1. The van der Waals surface area contributed by atoms with Gasteiger partial charge in [-0.15, -0.1) is 0 Å². The predicted molar refractivity (Wildman–Crippen MR) is 70.3 cm³/mol. The van der Waals surface area contributed by atoms with Crippen molar-refractivity contribution in [1.82, 2.24) is 20.1 Å². The first kappa shape index (κ1) is 14.0. The summed E-state index contributed by atoms with van der Waals surface area (Å²) in [5.41, 5.74) is 0.537. The Morgan fingerprint density at radius 2 is 2.20 bits per heavy atom. The molecule has 0 spiro atoms. The third-order valence-electron chi connectivity index (χ3n) is 2.60. The number of amides is 1. The molecule has 0 radical (unpaired) electrons. The molecule has 2 aromatic heterocycles. The van der Waals surface area contributed by atoms with Crippen molar-refractivity contribution < 1.29 is 14.7 Å². The molecular formula is C12H11ClN4O3. The summed E-state index contributed by atoms with van der Waals surface area (Å²) in [5.74, 6) is -1.77. The number of aryl methyl sites for hydroxylation is 1. The van der Waals surface area contributed by atoms with Gasteiger partial charge in [-0.05, 0) is 6.07 Å². The summed E-state index contributed by atoms with van der Waals surface area (Å²) in [5, 5.41) is 15.6. The van der Waals surface area contributed by atoms with Crippen LogP contribution in [0.15, 0.2) is 30.9 Å². The summed E-state index contributed by atoms with van der Waals surface area (Å²) in [4.78, 5) is 27.1. The maximum atomic E-state index is 12.0. The highest BCUT2D eigenvalue weighted by Crippen LogP contribution is 2.17. The van der Waals surface area contributed by atoms with E-state index in [0.29, 0.717) is 5.56 Å². The van der Waals surface area contributed by atoms with Crippen LogP contribution in [0.3, 0.4) is 0 Å². The Bertz CT molecular complexity index is 656. The van der Waals surface area contributed by atoms with Gasteiger partial charge in [0.1, 0.15) is 0 Å². The zero-order chi connectivity index (χ0) is 14.7. The molecule has 0 aliphatic heterocycles. The number of carbonyl (C=O) groups excluding carboxylic acids is 1. The van der Waals surface area contributed by atoms with E-state index in [-0.39, 0.29) is 10.6 Å². The van der Waals surface area contributed by atoms with Crippen molar-refractivity contribution in [2.75, 3.05) is 0 Å². The van der Waals surface area contributed by atoms with E-state index in [9.17, 15) is 14.7 Å². The Morgan fingerprint density at radius 1 is 1.45 bits per heavy atom. The fourth-order valence-corrected chi connectivity index (χ4v) is 1.85. The summed E-state index contributed by atoms with van der Waals surface area (Å²) < 4.78 is 1.46. The van der Waals surface area contributed by atoms with Gasteiger partial charge in [0.25, 0.3) is 5.91 Å². The number of carboxylic acids is 1. The van der Waals surface area contributed by atoms with E-state index in [4.69, 9.17) is 11.6 Å². The lowest BCUT2D eigenvalue weighted by Crippen LogP contribution is -2.33. The number of pyridine rings is 1. The molecule has 0 aromatic carbocycles. The fourth-order valence-electron chi connectivity index (χ4n) is 1.65. The van der Waals surface area contributed by atoms with Crippen LogP contribution in [-0.4, -0.2) is 31.7 Å². The van der Waals surface area contributed by atoms with Crippen molar-refractivity contribution >= 4 is 23.5 Å². The molecular weight excluding hydrogens is 284 g/mol. The first-order chi connectivity index (χ1) is 9.49. The number of nitrogens with one attached hydrogen (secondary N) is 1. The van der Waals surface area contributed by atoms with E-state index in [1.807, 2.05) is 0 Å². The molecule has 7 nitrogen and oxygen atoms in total. The Kier molecular flexibility index (Phi) is 3.99. The molecule has 0 aliphatic carbocycles. The molecule has 0 aliphatic rings. The molecule has 2 N–H and O–H groups in total. The minimum Gasteiger partial charge on any atom is -0.479 e. The van der Waals surface area contributed by atoms with Crippen LogP contribution in [0.1, 0.15) is 22.0 Å². The largest absolute Gasteiger partial charge is 0.479 e. The first-order valence-corrected chi connectivity index (χ1v) is 5.98. The minimum absolute atomic E-state index is 0.153. The number of carbonyl (C=O) groups is 2. The van der Waals surface area contributed by atoms with Crippen LogP contribution in [-0.2, 0) is 11.8 Å². The van der Waals surface area contributed by atoms with Crippen LogP contribution in [0.2, 0.25) is 5.02 Å². The lowest BCUT2D eigenvalue weighted by molar-refractivity contribution is -0.139. The van der Waals surface area contributed by atoms with Gasteiger partial charge in [0.05, 0.1) is 16.8 Å². The van der Waals surface area contributed by atoms with Crippen molar-refractivity contribution in [2.24, 2.45) is 7.05 Å². The molecule has 1 atom stereocenters. The van der Waals surface area contributed by atoms with E-state index >= 15 is 0 Å². The molecule has 104 valence electrons. The van der Waals surface area contributed by atoms with Gasteiger partial charge in [0.15, 0.2) is 6.04 Å². The Labute approximate surface area is 119 Å². The third kappa shape index (κ3) is 2.94. The van der Waals surface area contributed by atoms with Crippen molar-refractivity contribution in [3.63, 3.8) is 0 Å². The molecule has 20 heavy (non-hydrogen) atoms. The van der Waals surface area contributed by atoms with E-state index in [0.717, 1.165) is 0 Å². The second-order valence-electron chi connectivity index (χ2n) is 4.05. The van der Waals surface area contributed by atoms with Gasteiger partial charge < -0.3 is 10.4 Å². The molecule has 1 amide bonds. The van der Waals surface area contributed by atoms with Gasteiger partial charge >= 0.3 is 5.97 Å². The smallest absolute Gasteiger partial charge is 0.331 e. The van der Waals surface area contributed by atoms with Crippen molar-refractivity contribution in [3.8, 4) is 0 Å². The summed E-state index contributed by atoms with van der Waals surface area (Å²) in [6.07, 6.45) is 5.62. The zero-order valence-corrected chi connectivity index (χ0v) is 11.2. The van der Waals surface area contributed by atoms with E-state index in [1.54, 1.807) is 7.05 Å². The van der Waals surface area contributed by atoms with E-state index in [2.05, 4.69) is 15.4 Å². The van der Waals surface area contributed by atoms with Crippen LogP contribution < -0.4 is 5.32 Å². The maximum Gasteiger partial charge on any atom is 0.331 e. The van der Waals surface area contributed by atoms with Gasteiger partial charge in [-0.2, -0.15) is 5.10 Å². The van der Waals surface area contributed by atoms with Crippen molar-refractivity contribution in [2.45, 2.75) is 6.04 Å². The summed E-state index contributed by atoms with van der Waals surface area (Å²) in [7, 11) is 1.66. The number of aromatic nitrogens is 3. The predicted octanol–water partition coefficient (Wildman–Crippen LogP) is 1.02. The molecule has 0 bridgehead atoms. The quantitative estimate of drug-likeness (QED) is 0.877. The summed E-state index contributed by atoms with van der Waals surface area (Å²) in [6, 6.07) is 0.222. The summed E-state index contributed by atoms with van der Waals surface area (Å²) >= 11 is 5.85. The molecule has 2 heterocycles. The van der Waals surface area contributed by atoms with Gasteiger partial charge in [-0.25, -0.2) is 4.79 Å². The number of hydrogen-bond acceptors (Lipinski definition) is 4. The Balaban J connectivity index is 2.23. The van der Waals surface area contributed by atoms with Gasteiger partial charge in [0.2, 0.25) is 0 Å².